The highest BCUT2D eigenvalue weighted by Crippen LogP contribution is 2.15. The fourth-order valence-electron chi connectivity index (χ4n) is 0.815. The second-order valence-electron chi connectivity index (χ2n) is 2.87. The summed E-state index contributed by atoms with van der Waals surface area (Å²) in [5.74, 6) is 0. The zero-order valence-electron chi connectivity index (χ0n) is 8.11. The van der Waals surface area contributed by atoms with Crippen molar-refractivity contribution < 1.29 is 17.0 Å². The normalized spacial score (nSPS) is 10.4. The lowest BCUT2D eigenvalue weighted by molar-refractivity contribution is -0.458. The van der Waals surface area contributed by atoms with E-state index >= 15 is 0 Å². The third-order valence-corrected chi connectivity index (χ3v) is 1.80. The van der Waals surface area contributed by atoms with Crippen molar-refractivity contribution in [1.29, 1.82) is 0 Å². The summed E-state index contributed by atoms with van der Waals surface area (Å²) in [6, 6.07) is 3.79. The Morgan fingerprint density at radius 1 is 1.50 bits per heavy atom. The number of pyridine rings is 1. The minimum absolute atomic E-state index is 0. The summed E-state index contributed by atoms with van der Waals surface area (Å²) in [4.78, 5) is 3.98. The minimum Gasteiger partial charge on any atom is -1.00 e. The second kappa shape index (κ2) is 6.57. The van der Waals surface area contributed by atoms with Gasteiger partial charge in [0.2, 0.25) is 0 Å². The van der Waals surface area contributed by atoms with Crippen LogP contribution in [-0.2, 0) is 0 Å². The summed E-state index contributed by atoms with van der Waals surface area (Å²) >= 11 is 6.01. The van der Waals surface area contributed by atoms with Gasteiger partial charge in [-0.1, -0.05) is 17.7 Å². The Bertz CT molecular complexity index is 327. The molecule has 0 aromatic carbocycles. The van der Waals surface area contributed by atoms with Gasteiger partial charge in [0, 0.05) is 24.0 Å². The van der Waals surface area contributed by atoms with Crippen LogP contribution in [0.4, 0.5) is 0 Å². The van der Waals surface area contributed by atoms with E-state index in [1.54, 1.807) is 12.4 Å². The molecule has 0 aliphatic rings. The Morgan fingerprint density at radius 2 is 2.21 bits per heavy atom. The van der Waals surface area contributed by atoms with Crippen LogP contribution in [0.15, 0.2) is 30.6 Å². The predicted octanol–water partition coefficient (Wildman–Crippen LogP) is -0.992. The molecule has 0 atom stereocenters. The van der Waals surface area contributed by atoms with Crippen LogP contribution >= 0.6 is 11.6 Å². The van der Waals surface area contributed by atoms with Gasteiger partial charge >= 0.3 is 0 Å². The molecule has 14 heavy (non-hydrogen) atoms. The van der Waals surface area contributed by atoms with E-state index in [-0.39, 0.29) is 12.4 Å². The molecule has 1 aromatic heterocycles. The number of allylic oxidation sites excluding steroid dienone is 1. The molecular formula is C10H12Cl2N2. The quantitative estimate of drug-likeness (QED) is 0.471. The third-order valence-electron chi connectivity index (χ3n) is 1.46. The van der Waals surface area contributed by atoms with E-state index in [1.807, 2.05) is 43.1 Å². The maximum absolute atomic E-state index is 6.01. The van der Waals surface area contributed by atoms with Crippen LogP contribution in [-0.4, -0.2) is 29.9 Å². The monoisotopic (exact) mass is 230 g/mol. The molecule has 2 nitrogen and oxygen atoms in total. The molecular weight excluding hydrogens is 219 g/mol. The van der Waals surface area contributed by atoms with Crippen molar-refractivity contribution in [2.75, 3.05) is 14.1 Å². The fourth-order valence-corrected chi connectivity index (χ4v) is 0.983. The fraction of sp³-hybridized carbons (Fsp3) is 0.200. The van der Waals surface area contributed by atoms with Gasteiger partial charge < -0.3 is 12.4 Å². The first kappa shape index (κ1) is 13.1. The van der Waals surface area contributed by atoms with Gasteiger partial charge in [-0.25, -0.2) is 4.58 Å². The number of aromatic nitrogens is 1. The molecule has 4 heteroatoms. The lowest BCUT2D eigenvalue weighted by Gasteiger charge is -1.94. The standard InChI is InChI=1S/C10H12ClN2.ClH/c1-13(2)7-5-10(11)9-4-3-6-12-8-9;/h3-8H,1-2H3;1H/q+1;/p-1. The first-order valence-electron chi connectivity index (χ1n) is 3.97. The van der Waals surface area contributed by atoms with Crippen molar-refractivity contribution in [3.63, 3.8) is 0 Å². The van der Waals surface area contributed by atoms with E-state index in [0.29, 0.717) is 5.03 Å². The first-order valence-corrected chi connectivity index (χ1v) is 4.35. The summed E-state index contributed by atoms with van der Waals surface area (Å²) in [6.07, 6.45) is 7.21. The average molecular weight is 231 g/mol. The van der Waals surface area contributed by atoms with Gasteiger partial charge in [-0.15, -0.1) is 0 Å². The number of rotatable bonds is 2. The van der Waals surface area contributed by atoms with Gasteiger partial charge in [0.1, 0.15) is 14.1 Å². The van der Waals surface area contributed by atoms with Crippen LogP contribution in [0.5, 0.6) is 0 Å². The zero-order chi connectivity index (χ0) is 9.68. The molecule has 0 radical (unpaired) electrons. The topological polar surface area (TPSA) is 15.9 Å². The minimum atomic E-state index is 0. The summed E-state index contributed by atoms with van der Waals surface area (Å²) in [7, 11) is 3.90. The Kier molecular flexibility index (Phi) is 6.17. The van der Waals surface area contributed by atoms with Crippen molar-refractivity contribution in [2.45, 2.75) is 0 Å². The van der Waals surface area contributed by atoms with Crippen LogP contribution < -0.4 is 12.4 Å². The Morgan fingerprint density at radius 3 is 2.71 bits per heavy atom. The highest BCUT2D eigenvalue weighted by atomic mass is 35.5. The Labute approximate surface area is 95.3 Å². The molecule has 0 aliphatic carbocycles. The van der Waals surface area contributed by atoms with Gasteiger partial charge in [-0.3, -0.25) is 4.98 Å². The van der Waals surface area contributed by atoms with Crippen LogP contribution in [0.1, 0.15) is 5.56 Å². The molecule has 0 aliphatic heterocycles. The number of hydrogen-bond donors (Lipinski definition) is 0. The van der Waals surface area contributed by atoms with Crippen LogP contribution in [0.2, 0.25) is 0 Å². The van der Waals surface area contributed by atoms with Gasteiger partial charge in [-0.2, -0.15) is 0 Å². The van der Waals surface area contributed by atoms with Crippen molar-refractivity contribution >= 4 is 22.8 Å². The lowest BCUT2D eigenvalue weighted by Crippen LogP contribution is -3.00. The first-order chi connectivity index (χ1) is 6.20. The maximum Gasteiger partial charge on any atom is 0.164 e. The molecule has 0 bridgehead atoms. The van der Waals surface area contributed by atoms with Crippen molar-refractivity contribution in [1.82, 2.24) is 4.98 Å². The van der Waals surface area contributed by atoms with E-state index in [9.17, 15) is 0 Å². The van der Waals surface area contributed by atoms with E-state index in [4.69, 9.17) is 11.6 Å². The highest BCUT2D eigenvalue weighted by molar-refractivity contribution is 6.49. The molecule has 1 rings (SSSR count). The summed E-state index contributed by atoms with van der Waals surface area (Å²) < 4.78 is 1.93. The van der Waals surface area contributed by atoms with Crippen molar-refractivity contribution in [3.8, 4) is 0 Å². The Hall–Kier alpha value is -0.860. The lowest BCUT2D eigenvalue weighted by atomic mass is 10.2. The Balaban J connectivity index is 0.00000169. The van der Waals surface area contributed by atoms with Gasteiger partial charge in [0.25, 0.3) is 0 Å². The molecule has 0 fully saturated rings. The molecule has 0 amide bonds. The van der Waals surface area contributed by atoms with E-state index in [0.717, 1.165) is 5.56 Å². The van der Waals surface area contributed by atoms with Crippen LogP contribution in [0.25, 0.3) is 5.03 Å². The summed E-state index contributed by atoms with van der Waals surface area (Å²) in [5.41, 5.74) is 0.933. The van der Waals surface area contributed by atoms with Crippen LogP contribution in [0, 0.1) is 0 Å². The number of nitrogens with zero attached hydrogens (tertiary/aromatic N) is 2. The van der Waals surface area contributed by atoms with E-state index < -0.39 is 0 Å². The van der Waals surface area contributed by atoms with Gasteiger partial charge in [-0.05, 0) is 6.07 Å². The SMILES string of the molecule is C[N+](C)=C/C=C(\Cl)c1cccnc1.[Cl-]. The predicted molar refractivity (Wildman–Crippen MR) is 56.2 cm³/mol. The highest BCUT2D eigenvalue weighted by Gasteiger charge is 1.95. The van der Waals surface area contributed by atoms with Crippen molar-refractivity contribution in [3.05, 3.63) is 36.2 Å². The van der Waals surface area contributed by atoms with E-state index in [2.05, 4.69) is 4.98 Å². The molecule has 1 heterocycles. The summed E-state index contributed by atoms with van der Waals surface area (Å²) in [5, 5.41) is 0.696. The largest absolute Gasteiger partial charge is 1.00 e. The average Bonchev–Trinajstić information content (AvgIpc) is 2.15. The second-order valence-corrected chi connectivity index (χ2v) is 3.28. The van der Waals surface area contributed by atoms with E-state index in [1.165, 1.54) is 0 Å². The third kappa shape index (κ3) is 4.40. The summed E-state index contributed by atoms with van der Waals surface area (Å²) in [6.45, 7) is 0. The van der Waals surface area contributed by atoms with Gasteiger partial charge in [0.15, 0.2) is 6.21 Å². The molecule has 0 spiro atoms. The molecule has 0 saturated carbocycles. The van der Waals surface area contributed by atoms with Gasteiger partial charge in [0.05, 0.1) is 5.03 Å². The molecule has 1 aromatic rings. The molecule has 0 N–H and O–H groups in total. The number of hydrogen-bond acceptors (Lipinski definition) is 1. The smallest absolute Gasteiger partial charge is 0.164 e. The molecule has 0 unspecified atom stereocenters. The van der Waals surface area contributed by atoms with Crippen molar-refractivity contribution in [2.24, 2.45) is 0 Å². The molecule has 76 valence electrons. The van der Waals surface area contributed by atoms with Crippen LogP contribution in [0.3, 0.4) is 0 Å². The number of halogens is 2. The maximum atomic E-state index is 6.01. The zero-order valence-corrected chi connectivity index (χ0v) is 9.63. The molecule has 0 saturated heterocycles.